The number of ether oxygens (including phenoxy) is 6. The lowest BCUT2D eigenvalue weighted by Crippen LogP contribution is -2.67. The Hall–Kier alpha value is -3.46. The quantitative estimate of drug-likeness (QED) is 0.203. The molecule has 0 aliphatic carbocycles. The van der Waals surface area contributed by atoms with Crippen LogP contribution >= 0.6 is 0 Å². The van der Waals surface area contributed by atoms with E-state index in [0.29, 0.717) is 0 Å². The smallest absolute Gasteiger partial charge is 0.328 e. The van der Waals surface area contributed by atoms with Crippen LogP contribution < -0.4 is 16.0 Å². The summed E-state index contributed by atoms with van der Waals surface area (Å²) < 4.78 is 31.6. The van der Waals surface area contributed by atoms with Crippen molar-refractivity contribution in [1.82, 2.24) is 16.0 Å². The minimum absolute atomic E-state index is 0.141. The van der Waals surface area contributed by atoms with Gasteiger partial charge in [-0.05, 0) is 12.8 Å². The van der Waals surface area contributed by atoms with E-state index in [1.165, 1.54) is 14.0 Å². The number of carbonyl (C=O) groups is 6. The maximum absolute atomic E-state index is 12.7. The summed E-state index contributed by atoms with van der Waals surface area (Å²) in [6.45, 7) is 7.74. The van der Waals surface area contributed by atoms with Gasteiger partial charge in [-0.1, -0.05) is 13.8 Å². The van der Waals surface area contributed by atoms with E-state index in [9.17, 15) is 28.8 Å². The molecule has 0 aromatic carbocycles. The van der Waals surface area contributed by atoms with Gasteiger partial charge in [0, 0.05) is 27.9 Å². The first-order valence-corrected chi connectivity index (χ1v) is 12.0. The minimum atomic E-state index is -1.32. The molecule has 0 unspecified atom stereocenters. The van der Waals surface area contributed by atoms with Crippen LogP contribution in [0.3, 0.4) is 0 Å². The van der Waals surface area contributed by atoms with E-state index in [2.05, 4.69) is 16.0 Å². The molecule has 0 spiro atoms. The molecule has 1 saturated heterocycles. The Labute approximate surface area is 220 Å². The van der Waals surface area contributed by atoms with E-state index >= 15 is 0 Å². The largest absolute Gasteiger partial charge is 0.464 e. The molecule has 0 saturated carbocycles. The van der Waals surface area contributed by atoms with Crippen LogP contribution in [0.1, 0.15) is 41.5 Å². The lowest BCUT2D eigenvalue weighted by Gasteiger charge is -2.44. The summed E-state index contributed by atoms with van der Waals surface area (Å²) in [4.78, 5) is 72.0. The number of carbonyl (C=O) groups excluding carboxylic acids is 6. The first-order valence-electron chi connectivity index (χ1n) is 12.0. The molecule has 0 bridgehead atoms. The number of nitrogens with one attached hydrogen (secondary N) is 3. The van der Waals surface area contributed by atoms with Gasteiger partial charge in [0.25, 0.3) is 0 Å². The Morgan fingerprint density at radius 3 is 2.00 bits per heavy atom. The third-order valence-electron chi connectivity index (χ3n) is 5.16. The van der Waals surface area contributed by atoms with Crippen LogP contribution in [-0.4, -0.2) is 99.4 Å². The summed E-state index contributed by atoms with van der Waals surface area (Å²) >= 11 is 0. The molecule has 15 nitrogen and oxygen atoms in total. The molecule has 1 aliphatic rings. The van der Waals surface area contributed by atoms with Crippen molar-refractivity contribution in [1.29, 1.82) is 0 Å². The zero-order valence-electron chi connectivity index (χ0n) is 22.6. The van der Waals surface area contributed by atoms with Gasteiger partial charge >= 0.3 is 29.9 Å². The Morgan fingerprint density at radius 1 is 0.895 bits per heavy atom. The zero-order chi connectivity index (χ0) is 29.0. The molecule has 0 aromatic heterocycles. The second-order valence-corrected chi connectivity index (χ2v) is 8.62. The minimum Gasteiger partial charge on any atom is -0.464 e. The van der Waals surface area contributed by atoms with Crippen molar-refractivity contribution in [3.05, 3.63) is 0 Å². The molecule has 38 heavy (non-hydrogen) atoms. The molecule has 1 aliphatic heterocycles. The molecule has 1 fully saturated rings. The third kappa shape index (κ3) is 10.5. The van der Waals surface area contributed by atoms with Crippen molar-refractivity contribution in [2.45, 2.75) is 78.2 Å². The first kappa shape index (κ1) is 32.6. The molecule has 6 atom stereocenters. The number of rotatable bonds is 12. The molecule has 216 valence electrons. The van der Waals surface area contributed by atoms with E-state index in [4.69, 9.17) is 28.4 Å². The van der Waals surface area contributed by atoms with Gasteiger partial charge in [-0.25, -0.2) is 9.59 Å². The first-order chi connectivity index (χ1) is 17.8. The fourth-order valence-corrected chi connectivity index (χ4v) is 3.57. The summed E-state index contributed by atoms with van der Waals surface area (Å²) in [6.07, 6.45) is -4.93. The van der Waals surface area contributed by atoms with Crippen LogP contribution in [0.4, 0.5) is 4.79 Å². The van der Waals surface area contributed by atoms with Crippen LogP contribution in [0.2, 0.25) is 0 Å². The Bertz CT molecular complexity index is 865. The van der Waals surface area contributed by atoms with Gasteiger partial charge < -0.3 is 44.4 Å². The number of hydrogen-bond donors (Lipinski definition) is 3. The Morgan fingerprint density at radius 2 is 1.50 bits per heavy atom. The lowest BCUT2D eigenvalue weighted by molar-refractivity contribution is -0.270. The third-order valence-corrected chi connectivity index (χ3v) is 5.16. The molecule has 3 amide bonds. The van der Waals surface area contributed by atoms with Crippen molar-refractivity contribution in [2.24, 2.45) is 5.92 Å². The molecule has 1 rings (SSSR count). The number of urea groups is 1. The molecule has 0 aromatic rings. The van der Waals surface area contributed by atoms with E-state index in [0.717, 1.165) is 13.8 Å². The second kappa shape index (κ2) is 15.7. The zero-order valence-corrected chi connectivity index (χ0v) is 22.6. The van der Waals surface area contributed by atoms with E-state index in [1.54, 1.807) is 20.8 Å². The molecular weight excluding hydrogens is 510 g/mol. The van der Waals surface area contributed by atoms with Crippen molar-refractivity contribution >= 4 is 35.8 Å². The molecule has 15 heteroatoms. The highest BCUT2D eigenvalue weighted by atomic mass is 16.7. The molecule has 1 heterocycles. The summed E-state index contributed by atoms with van der Waals surface area (Å²) in [5.74, 6) is -3.68. The summed E-state index contributed by atoms with van der Waals surface area (Å²) in [7, 11) is 1.26. The van der Waals surface area contributed by atoms with Crippen LogP contribution in [0.5, 0.6) is 0 Å². The monoisotopic (exact) mass is 547 g/mol. The lowest BCUT2D eigenvalue weighted by atomic mass is 9.96. The maximum atomic E-state index is 12.7. The number of hydrogen-bond acceptors (Lipinski definition) is 12. The van der Waals surface area contributed by atoms with Gasteiger partial charge in [0.05, 0.1) is 13.2 Å². The highest BCUT2D eigenvalue weighted by molar-refractivity contribution is 5.88. The van der Waals surface area contributed by atoms with Gasteiger partial charge in [-0.2, -0.15) is 0 Å². The number of esters is 4. The van der Waals surface area contributed by atoms with Crippen LogP contribution in [0.15, 0.2) is 0 Å². The normalized spacial score (nSPS) is 23.4. The fraction of sp³-hybridized carbons (Fsp3) is 0.739. The second-order valence-electron chi connectivity index (χ2n) is 8.62. The molecular formula is C23H37N3O12. The topological polar surface area (TPSA) is 194 Å². The van der Waals surface area contributed by atoms with Gasteiger partial charge in [0.15, 0.2) is 18.5 Å². The van der Waals surface area contributed by atoms with E-state index in [-0.39, 0.29) is 19.1 Å². The van der Waals surface area contributed by atoms with Crippen molar-refractivity contribution in [3.8, 4) is 0 Å². The maximum Gasteiger partial charge on any atom is 0.328 e. The van der Waals surface area contributed by atoms with E-state index in [1.807, 2.05) is 0 Å². The number of amides is 3. The summed E-state index contributed by atoms with van der Waals surface area (Å²) in [6, 6.07) is -3.01. The van der Waals surface area contributed by atoms with Crippen LogP contribution in [-0.2, 0) is 52.4 Å². The molecule has 3 N–H and O–H groups in total. The average Bonchev–Trinajstić information content (AvgIpc) is 2.81. The van der Waals surface area contributed by atoms with Crippen molar-refractivity contribution < 1.29 is 57.2 Å². The van der Waals surface area contributed by atoms with Crippen LogP contribution in [0.25, 0.3) is 0 Å². The predicted molar refractivity (Wildman–Crippen MR) is 127 cm³/mol. The van der Waals surface area contributed by atoms with E-state index < -0.39 is 79.0 Å². The molecule has 0 radical (unpaired) electrons. The van der Waals surface area contributed by atoms with Gasteiger partial charge in [0.1, 0.15) is 24.8 Å². The predicted octanol–water partition coefficient (Wildman–Crippen LogP) is -0.844. The SMILES string of the molecule is CCOC(=O)[C@@H](NC(=O)CNC(=O)N[C@H]1[C@H](OC)O[C@H](COC(C)=O)[C@@H](OC(C)=O)[C@@H]1OC(C)=O)C(C)C. The average molecular weight is 548 g/mol. The standard InChI is InChI=1S/C23H37N3O12/c1-8-34-21(31)17(11(2)3)25-16(30)9-24-23(32)26-18-20(37-14(6)29)19(36-13(5)28)15(10-35-12(4)27)38-22(18)33-7/h11,15,17-20,22H,8-10H2,1-7H3,(H,25,30)(H2,24,26,32)/t15-,17+,18-,19-,20-,22-/m1/s1. The fourth-order valence-electron chi connectivity index (χ4n) is 3.57. The van der Waals surface area contributed by atoms with Gasteiger partial charge in [-0.3, -0.25) is 19.2 Å². The summed E-state index contributed by atoms with van der Waals surface area (Å²) in [5, 5.41) is 7.32. The Kier molecular flexibility index (Phi) is 13.5. The van der Waals surface area contributed by atoms with Crippen molar-refractivity contribution in [3.63, 3.8) is 0 Å². The number of methoxy groups -OCH3 is 1. The highest BCUT2D eigenvalue weighted by Gasteiger charge is 2.51. The van der Waals surface area contributed by atoms with Gasteiger partial charge in [-0.15, -0.1) is 0 Å². The Balaban J connectivity index is 3.01. The van der Waals surface area contributed by atoms with Crippen LogP contribution in [0, 0.1) is 5.92 Å². The van der Waals surface area contributed by atoms with Crippen molar-refractivity contribution in [2.75, 3.05) is 26.9 Å². The van der Waals surface area contributed by atoms with Gasteiger partial charge in [0.2, 0.25) is 5.91 Å². The highest BCUT2D eigenvalue weighted by Crippen LogP contribution is 2.27. The summed E-state index contributed by atoms with van der Waals surface area (Å²) in [5.41, 5.74) is 0.